The molecule has 0 radical (unpaired) electrons. The van der Waals surface area contributed by atoms with E-state index in [1.807, 2.05) is 6.92 Å². The SMILES string of the molecule is C#CCN(CC)C(=O)N(C)CCC(=O)O. The molecule has 15 heavy (non-hydrogen) atoms. The van der Waals surface area contributed by atoms with E-state index in [9.17, 15) is 9.59 Å². The fourth-order valence-electron chi connectivity index (χ4n) is 1.03. The van der Waals surface area contributed by atoms with Crippen molar-refractivity contribution in [3.8, 4) is 12.3 Å². The van der Waals surface area contributed by atoms with Crippen LogP contribution in [0.3, 0.4) is 0 Å². The average Bonchev–Trinajstić information content (AvgIpc) is 2.21. The number of aliphatic carboxylic acids is 1. The van der Waals surface area contributed by atoms with E-state index >= 15 is 0 Å². The maximum absolute atomic E-state index is 11.6. The van der Waals surface area contributed by atoms with Gasteiger partial charge in [0.2, 0.25) is 0 Å². The Labute approximate surface area is 89.7 Å². The van der Waals surface area contributed by atoms with Gasteiger partial charge in [0.15, 0.2) is 0 Å². The average molecular weight is 212 g/mol. The first-order valence-electron chi connectivity index (χ1n) is 4.68. The molecule has 5 nitrogen and oxygen atoms in total. The third kappa shape index (κ3) is 4.91. The zero-order valence-corrected chi connectivity index (χ0v) is 9.06. The Morgan fingerprint density at radius 2 is 2.07 bits per heavy atom. The molecular formula is C10H16N2O3. The summed E-state index contributed by atoms with van der Waals surface area (Å²) in [6.07, 6.45) is 5.05. The van der Waals surface area contributed by atoms with Gasteiger partial charge in [0.05, 0.1) is 13.0 Å². The number of carboxylic acids is 1. The van der Waals surface area contributed by atoms with Gasteiger partial charge in [-0.1, -0.05) is 5.92 Å². The van der Waals surface area contributed by atoms with Crippen LogP contribution < -0.4 is 0 Å². The summed E-state index contributed by atoms with van der Waals surface area (Å²) in [7, 11) is 1.56. The van der Waals surface area contributed by atoms with Crippen molar-refractivity contribution in [1.29, 1.82) is 0 Å². The molecule has 5 heteroatoms. The first-order valence-corrected chi connectivity index (χ1v) is 4.68. The summed E-state index contributed by atoms with van der Waals surface area (Å²) in [4.78, 5) is 24.8. The minimum atomic E-state index is -0.922. The van der Waals surface area contributed by atoms with Crippen molar-refractivity contribution in [2.75, 3.05) is 26.7 Å². The molecule has 0 aromatic carbocycles. The maximum Gasteiger partial charge on any atom is 0.320 e. The molecule has 0 atom stereocenters. The summed E-state index contributed by atoms with van der Waals surface area (Å²) in [5.74, 6) is 1.46. The number of rotatable bonds is 5. The molecule has 84 valence electrons. The normalized spacial score (nSPS) is 9.13. The highest BCUT2D eigenvalue weighted by Gasteiger charge is 2.15. The summed E-state index contributed by atoms with van der Waals surface area (Å²) >= 11 is 0. The number of hydrogen-bond donors (Lipinski definition) is 1. The highest BCUT2D eigenvalue weighted by molar-refractivity contribution is 5.75. The second-order valence-electron chi connectivity index (χ2n) is 3.07. The Morgan fingerprint density at radius 1 is 1.47 bits per heavy atom. The van der Waals surface area contributed by atoms with E-state index in [1.54, 1.807) is 7.05 Å². The van der Waals surface area contributed by atoms with Crippen molar-refractivity contribution < 1.29 is 14.7 Å². The fraction of sp³-hybridized carbons (Fsp3) is 0.600. The van der Waals surface area contributed by atoms with E-state index in [-0.39, 0.29) is 25.5 Å². The lowest BCUT2D eigenvalue weighted by molar-refractivity contribution is -0.137. The van der Waals surface area contributed by atoms with Crippen molar-refractivity contribution in [2.45, 2.75) is 13.3 Å². The van der Waals surface area contributed by atoms with Crippen LogP contribution in [0, 0.1) is 12.3 Å². The topological polar surface area (TPSA) is 60.9 Å². The summed E-state index contributed by atoms with van der Waals surface area (Å²) in [5, 5.41) is 8.46. The van der Waals surface area contributed by atoms with Crippen LogP contribution in [0.1, 0.15) is 13.3 Å². The van der Waals surface area contributed by atoms with Crippen molar-refractivity contribution in [3.63, 3.8) is 0 Å². The van der Waals surface area contributed by atoms with Crippen LogP contribution in [0.25, 0.3) is 0 Å². The molecule has 0 aromatic heterocycles. The van der Waals surface area contributed by atoms with Crippen LogP contribution in [-0.2, 0) is 4.79 Å². The van der Waals surface area contributed by atoms with Crippen molar-refractivity contribution in [3.05, 3.63) is 0 Å². The molecule has 0 spiro atoms. The summed E-state index contributed by atoms with van der Waals surface area (Å²) in [5.41, 5.74) is 0. The van der Waals surface area contributed by atoms with Gasteiger partial charge >= 0.3 is 12.0 Å². The molecule has 0 heterocycles. The Morgan fingerprint density at radius 3 is 2.47 bits per heavy atom. The quantitative estimate of drug-likeness (QED) is 0.674. The van der Waals surface area contributed by atoms with E-state index in [0.717, 1.165) is 0 Å². The molecule has 0 aliphatic heterocycles. The molecule has 2 amide bonds. The van der Waals surface area contributed by atoms with Gasteiger partial charge in [-0.2, -0.15) is 0 Å². The van der Waals surface area contributed by atoms with Gasteiger partial charge in [0.1, 0.15) is 0 Å². The fourth-order valence-corrected chi connectivity index (χ4v) is 1.03. The Balaban J connectivity index is 4.17. The van der Waals surface area contributed by atoms with Gasteiger partial charge in [0.25, 0.3) is 0 Å². The number of nitrogens with zero attached hydrogens (tertiary/aromatic N) is 2. The Kier molecular flexibility index (Phi) is 5.95. The number of carboxylic acid groups (broad SMARTS) is 1. The van der Waals surface area contributed by atoms with Gasteiger partial charge in [-0.3, -0.25) is 4.79 Å². The van der Waals surface area contributed by atoms with E-state index in [4.69, 9.17) is 11.5 Å². The number of amides is 2. The van der Waals surface area contributed by atoms with Crippen LogP contribution in [0.5, 0.6) is 0 Å². The van der Waals surface area contributed by atoms with Crippen LogP contribution in [0.4, 0.5) is 4.79 Å². The van der Waals surface area contributed by atoms with Gasteiger partial charge in [-0.05, 0) is 6.92 Å². The molecule has 0 aliphatic rings. The number of carbonyl (C=O) groups is 2. The highest BCUT2D eigenvalue weighted by atomic mass is 16.4. The van der Waals surface area contributed by atoms with Crippen LogP contribution in [-0.4, -0.2) is 53.6 Å². The smallest absolute Gasteiger partial charge is 0.320 e. The second-order valence-corrected chi connectivity index (χ2v) is 3.07. The van der Waals surface area contributed by atoms with Crippen molar-refractivity contribution >= 4 is 12.0 Å². The summed E-state index contributed by atoms with van der Waals surface area (Å²) in [6, 6.07) is -0.239. The predicted octanol–water partition coefficient (Wildman–Crippen LogP) is 0.468. The summed E-state index contributed by atoms with van der Waals surface area (Å²) < 4.78 is 0. The Bertz CT molecular complexity index is 270. The molecule has 0 aromatic rings. The van der Waals surface area contributed by atoms with E-state index in [1.165, 1.54) is 9.80 Å². The molecule has 1 N–H and O–H groups in total. The van der Waals surface area contributed by atoms with E-state index < -0.39 is 5.97 Å². The molecule has 0 fully saturated rings. The van der Waals surface area contributed by atoms with Gasteiger partial charge in [-0.25, -0.2) is 4.79 Å². The van der Waals surface area contributed by atoms with Crippen LogP contribution >= 0.6 is 0 Å². The lowest BCUT2D eigenvalue weighted by Gasteiger charge is -2.25. The summed E-state index contributed by atoms with van der Waals surface area (Å²) in [6.45, 7) is 2.77. The number of hydrogen-bond acceptors (Lipinski definition) is 2. The standard InChI is InChI=1S/C10H16N2O3/c1-4-7-12(5-2)10(15)11(3)8-6-9(13)14/h1H,5-8H2,2-3H3,(H,13,14). The first kappa shape index (κ1) is 13.3. The van der Waals surface area contributed by atoms with Crippen molar-refractivity contribution in [2.24, 2.45) is 0 Å². The molecule has 0 aliphatic carbocycles. The zero-order chi connectivity index (χ0) is 11.8. The Hall–Kier alpha value is -1.70. The third-order valence-electron chi connectivity index (χ3n) is 1.92. The lowest BCUT2D eigenvalue weighted by atomic mass is 10.4. The minimum absolute atomic E-state index is 0.0597. The minimum Gasteiger partial charge on any atom is -0.481 e. The number of terminal acetylenes is 1. The van der Waals surface area contributed by atoms with Crippen LogP contribution in [0.15, 0.2) is 0 Å². The highest BCUT2D eigenvalue weighted by Crippen LogP contribution is 1.97. The second kappa shape index (κ2) is 6.71. The molecule has 0 saturated carbocycles. The zero-order valence-electron chi connectivity index (χ0n) is 9.06. The lowest BCUT2D eigenvalue weighted by Crippen LogP contribution is -2.42. The first-order chi connectivity index (χ1) is 7.02. The maximum atomic E-state index is 11.6. The third-order valence-corrected chi connectivity index (χ3v) is 1.92. The largest absolute Gasteiger partial charge is 0.481 e. The molecule has 0 unspecified atom stereocenters. The number of urea groups is 1. The predicted molar refractivity (Wildman–Crippen MR) is 56.4 cm³/mol. The van der Waals surface area contributed by atoms with E-state index in [2.05, 4.69) is 5.92 Å². The van der Waals surface area contributed by atoms with Gasteiger partial charge in [-0.15, -0.1) is 6.42 Å². The molecule has 0 bridgehead atoms. The van der Waals surface area contributed by atoms with E-state index in [0.29, 0.717) is 6.54 Å². The molecular weight excluding hydrogens is 196 g/mol. The van der Waals surface area contributed by atoms with Gasteiger partial charge in [0, 0.05) is 20.1 Å². The molecule has 0 rings (SSSR count). The molecule has 0 saturated heterocycles. The van der Waals surface area contributed by atoms with Crippen LogP contribution in [0.2, 0.25) is 0 Å². The number of carbonyl (C=O) groups excluding carboxylic acids is 1. The monoisotopic (exact) mass is 212 g/mol. The van der Waals surface area contributed by atoms with Gasteiger partial charge < -0.3 is 14.9 Å². The van der Waals surface area contributed by atoms with Crippen molar-refractivity contribution in [1.82, 2.24) is 9.80 Å².